The monoisotopic (exact) mass is 276 g/mol. The highest BCUT2D eigenvalue weighted by atomic mass is 16.5. The first-order valence-corrected chi connectivity index (χ1v) is 7.89. The quantitative estimate of drug-likeness (QED) is 0.878. The zero-order chi connectivity index (χ0) is 14.6. The summed E-state index contributed by atoms with van der Waals surface area (Å²) in [6, 6.07) is 8.63. The molecule has 1 aliphatic rings. The van der Waals surface area contributed by atoms with Crippen LogP contribution in [0, 0.1) is 0 Å². The Balaban J connectivity index is 2.04. The Morgan fingerprint density at radius 1 is 1.10 bits per heavy atom. The summed E-state index contributed by atoms with van der Waals surface area (Å²) in [4.78, 5) is 0. The van der Waals surface area contributed by atoms with Crippen LogP contribution in [0.2, 0.25) is 0 Å². The van der Waals surface area contributed by atoms with E-state index in [0.717, 1.165) is 25.7 Å². The van der Waals surface area contributed by atoms with E-state index in [2.05, 4.69) is 38.1 Å². The molecule has 20 heavy (non-hydrogen) atoms. The second kappa shape index (κ2) is 6.73. The van der Waals surface area contributed by atoms with Crippen LogP contribution in [0.4, 0.5) is 0 Å². The predicted octanol–water partition coefficient (Wildman–Crippen LogP) is 4.06. The molecular formula is C18H28O2. The van der Waals surface area contributed by atoms with Gasteiger partial charge in [0.2, 0.25) is 0 Å². The molecule has 1 N–H and O–H groups in total. The number of hydrogen-bond donors (Lipinski definition) is 1. The van der Waals surface area contributed by atoms with Gasteiger partial charge in [0.05, 0.1) is 11.7 Å². The number of benzene rings is 1. The molecule has 0 saturated heterocycles. The minimum atomic E-state index is -0.405. The highest BCUT2D eigenvalue weighted by Crippen LogP contribution is 2.35. The molecule has 1 atom stereocenters. The van der Waals surface area contributed by atoms with E-state index in [1.807, 2.05) is 0 Å². The second-order valence-corrected chi connectivity index (χ2v) is 6.45. The fourth-order valence-electron chi connectivity index (χ4n) is 3.27. The summed E-state index contributed by atoms with van der Waals surface area (Å²) in [6.07, 6.45) is 5.84. The third-order valence-electron chi connectivity index (χ3n) is 4.79. The van der Waals surface area contributed by atoms with Crippen molar-refractivity contribution < 1.29 is 9.84 Å². The first kappa shape index (κ1) is 15.5. The summed E-state index contributed by atoms with van der Waals surface area (Å²) in [7, 11) is 1.75. The van der Waals surface area contributed by atoms with Crippen LogP contribution in [0.3, 0.4) is 0 Å². The molecular weight excluding hydrogens is 248 g/mol. The lowest BCUT2D eigenvalue weighted by atomic mass is 9.78. The summed E-state index contributed by atoms with van der Waals surface area (Å²) in [5.41, 5.74) is 2.22. The summed E-state index contributed by atoms with van der Waals surface area (Å²) in [6.45, 7) is 4.40. The molecule has 0 radical (unpaired) electrons. The van der Waals surface area contributed by atoms with E-state index in [9.17, 15) is 5.11 Å². The minimum Gasteiger partial charge on any atom is -0.390 e. The third-order valence-corrected chi connectivity index (χ3v) is 4.79. The van der Waals surface area contributed by atoms with Gasteiger partial charge in [0, 0.05) is 13.5 Å². The Morgan fingerprint density at radius 2 is 1.70 bits per heavy atom. The molecule has 1 saturated carbocycles. The Hall–Kier alpha value is -0.860. The Bertz CT molecular complexity index is 402. The molecule has 1 aromatic rings. The van der Waals surface area contributed by atoms with Crippen LogP contribution in [0.5, 0.6) is 0 Å². The van der Waals surface area contributed by atoms with Gasteiger partial charge in [-0.1, -0.05) is 57.4 Å². The molecule has 0 bridgehead atoms. The molecule has 0 heterocycles. The lowest BCUT2D eigenvalue weighted by Gasteiger charge is -2.40. The largest absolute Gasteiger partial charge is 0.390 e. The van der Waals surface area contributed by atoms with Crippen LogP contribution in [-0.2, 0) is 11.2 Å². The van der Waals surface area contributed by atoms with E-state index >= 15 is 0 Å². The van der Waals surface area contributed by atoms with Crippen molar-refractivity contribution in [2.75, 3.05) is 7.11 Å². The van der Waals surface area contributed by atoms with Crippen LogP contribution in [-0.4, -0.2) is 23.9 Å². The first-order chi connectivity index (χ1) is 9.57. The number of hydrogen-bond acceptors (Lipinski definition) is 2. The lowest BCUT2D eigenvalue weighted by molar-refractivity contribution is -0.122. The molecule has 0 aromatic heterocycles. The molecule has 112 valence electrons. The number of aliphatic hydroxyl groups excluding tert-OH is 1. The van der Waals surface area contributed by atoms with Gasteiger partial charge in [-0.15, -0.1) is 0 Å². The average molecular weight is 276 g/mol. The molecule has 1 aromatic carbocycles. The van der Waals surface area contributed by atoms with Crippen molar-refractivity contribution in [1.82, 2.24) is 0 Å². The zero-order valence-corrected chi connectivity index (χ0v) is 13.1. The fraction of sp³-hybridized carbons (Fsp3) is 0.667. The molecule has 0 amide bonds. The molecule has 2 rings (SSSR count). The first-order valence-electron chi connectivity index (χ1n) is 7.89. The molecule has 1 unspecified atom stereocenters. The second-order valence-electron chi connectivity index (χ2n) is 6.45. The SMILES string of the molecule is COC1(C(O)Cc2ccc(C(C)C)cc2)CCCCC1. The van der Waals surface area contributed by atoms with Gasteiger partial charge in [0.1, 0.15) is 0 Å². The maximum absolute atomic E-state index is 10.6. The van der Waals surface area contributed by atoms with E-state index < -0.39 is 6.10 Å². The molecule has 2 heteroatoms. The smallest absolute Gasteiger partial charge is 0.0939 e. The number of rotatable bonds is 5. The average Bonchev–Trinajstić information content (AvgIpc) is 2.48. The summed E-state index contributed by atoms with van der Waals surface area (Å²) in [5, 5.41) is 10.6. The topological polar surface area (TPSA) is 29.5 Å². The molecule has 1 fully saturated rings. The molecule has 1 aliphatic carbocycles. The van der Waals surface area contributed by atoms with Crippen molar-refractivity contribution in [3.63, 3.8) is 0 Å². The van der Waals surface area contributed by atoms with E-state index in [4.69, 9.17) is 4.74 Å². The number of aliphatic hydroxyl groups is 1. The van der Waals surface area contributed by atoms with Crippen molar-refractivity contribution in [1.29, 1.82) is 0 Å². The van der Waals surface area contributed by atoms with Gasteiger partial charge in [-0.3, -0.25) is 0 Å². The standard InChI is InChI=1S/C18H28O2/c1-14(2)16-9-7-15(8-10-16)13-17(19)18(20-3)11-5-4-6-12-18/h7-10,14,17,19H,4-6,11-13H2,1-3H3. The van der Waals surface area contributed by atoms with Crippen molar-refractivity contribution >= 4 is 0 Å². The van der Waals surface area contributed by atoms with Crippen LogP contribution in [0.25, 0.3) is 0 Å². The lowest BCUT2D eigenvalue weighted by Crippen LogP contribution is -2.46. The van der Waals surface area contributed by atoms with E-state index in [-0.39, 0.29) is 5.60 Å². The molecule has 2 nitrogen and oxygen atoms in total. The van der Waals surface area contributed by atoms with Gasteiger partial charge < -0.3 is 9.84 Å². The number of methoxy groups -OCH3 is 1. The van der Waals surface area contributed by atoms with Crippen LogP contribution >= 0.6 is 0 Å². The van der Waals surface area contributed by atoms with Crippen LogP contribution < -0.4 is 0 Å². The maximum atomic E-state index is 10.6. The summed E-state index contributed by atoms with van der Waals surface area (Å²) in [5.74, 6) is 0.553. The minimum absolute atomic E-state index is 0.324. The van der Waals surface area contributed by atoms with E-state index in [1.54, 1.807) is 7.11 Å². The number of ether oxygens (including phenoxy) is 1. The zero-order valence-electron chi connectivity index (χ0n) is 13.1. The summed E-state index contributed by atoms with van der Waals surface area (Å²) < 4.78 is 5.72. The maximum Gasteiger partial charge on any atom is 0.0939 e. The normalized spacial score (nSPS) is 20.1. The van der Waals surface area contributed by atoms with Crippen LogP contribution in [0.1, 0.15) is 63.0 Å². The van der Waals surface area contributed by atoms with Gasteiger partial charge >= 0.3 is 0 Å². The van der Waals surface area contributed by atoms with Gasteiger partial charge in [0.15, 0.2) is 0 Å². The fourth-order valence-corrected chi connectivity index (χ4v) is 3.27. The molecule has 0 aliphatic heterocycles. The van der Waals surface area contributed by atoms with Gasteiger partial charge in [-0.25, -0.2) is 0 Å². The summed E-state index contributed by atoms with van der Waals surface area (Å²) >= 11 is 0. The Labute approximate surface area is 123 Å². The third kappa shape index (κ3) is 3.42. The van der Waals surface area contributed by atoms with Gasteiger partial charge in [0.25, 0.3) is 0 Å². The predicted molar refractivity (Wildman–Crippen MR) is 83.1 cm³/mol. The van der Waals surface area contributed by atoms with E-state index in [0.29, 0.717) is 12.3 Å². The van der Waals surface area contributed by atoms with Crippen molar-refractivity contribution in [2.24, 2.45) is 0 Å². The highest BCUT2D eigenvalue weighted by Gasteiger charge is 2.38. The Kier molecular flexibility index (Phi) is 5.22. The van der Waals surface area contributed by atoms with Crippen molar-refractivity contribution in [3.8, 4) is 0 Å². The van der Waals surface area contributed by atoms with E-state index in [1.165, 1.54) is 17.5 Å². The highest BCUT2D eigenvalue weighted by molar-refractivity contribution is 5.25. The molecule has 0 spiro atoms. The van der Waals surface area contributed by atoms with Gasteiger partial charge in [-0.05, 0) is 29.9 Å². The van der Waals surface area contributed by atoms with Crippen LogP contribution in [0.15, 0.2) is 24.3 Å². The van der Waals surface area contributed by atoms with Gasteiger partial charge in [-0.2, -0.15) is 0 Å². The Morgan fingerprint density at radius 3 is 2.20 bits per heavy atom. The van der Waals surface area contributed by atoms with Crippen molar-refractivity contribution in [3.05, 3.63) is 35.4 Å². The van der Waals surface area contributed by atoms with Crippen molar-refractivity contribution in [2.45, 2.75) is 70.0 Å².